The highest BCUT2D eigenvalue weighted by Crippen LogP contribution is 2.21. The Morgan fingerprint density at radius 2 is 1.75 bits per heavy atom. The number of rotatable bonds is 9. The van der Waals surface area contributed by atoms with Crippen molar-refractivity contribution >= 4 is 10.9 Å². The van der Waals surface area contributed by atoms with Gasteiger partial charge in [-0.15, -0.1) is 0 Å². The third-order valence-electron chi connectivity index (χ3n) is 5.76. The Hall–Kier alpha value is -3.54. The van der Waals surface area contributed by atoms with Crippen LogP contribution in [0.1, 0.15) is 36.7 Å². The molecule has 1 N–H and O–H groups in total. The molecule has 0 aliphatic heterocycles. The number of hydrogen-bond acceptors (Lipinski definition) is 4. The number of imidazole rings is 1. The summed E-state index contributed by atoms with van der Waals surface area (Å²) in [4.78, 5) is 17.8. The summed E-state index contributed by atoms with van der Waals surface area (Å²) < 4.78 is 8.36. The first-order chi connectivity index (χ1) is 15.6. The van der Waals surface area contributed by atoms with Crippen LogP contribution in [0.25, 0.3) is 10.9 Å². The van der Waals surface area contributed by atoms with Crippen LogP contribution in [0.3, 0.4) is 0 Å². The van der Waals surface area contributed by atoms with E-state index in [1.165, 1.54) is 10.1 Å². The van der Waals surface area contributed by atoms with Gasteiger partial charge < -0.3 is 9.84 Å². The highest BCUT2D eigenvalue weighted by atomic mass is 16.5. The van der Waals surface area contributed by atoms with Gasteiger partial charge in [0.05, 0.1) is 30.6 Å². The molecule has 6 nitrogen and oxygen atoms in total. The second-order valence-electron chi connectivity index (χ2n) is 7.99. The largest absolute Gasteiger partial charge is 0.497 e. The van der Waals surface area contributed by atoms with E-state index >= 15 is 0 Å². The minimum atomic E-state index is -0.182. The second-order valence-corrected chi connectivity index (χ2v) is 7.99. The van der Waals surface area contributed by atoms with Crippen LogP contribution in [0.5, 0.6) is 11.6 Å². The molecule has 0 aliphatic carbocycles. The zero-order chi connectivity index (χ0) is 22.5. The Balaban J connectivity index is 1.55. The number of aromatic hydroxyl groups is 1. The van der Waals surface area contributed by atoms with Gasteiger partial charge in [-0.1, -0.05) is 43.3 Å². The average molecular weight is 432 g/mol. The normalized spacial score (nSPS) is 11.2. The molecule has 0 radical (unpaired) electrons. The predicted octanol–water partition coefficient (Wildman–Crippen LogP) is 4.55. The van der Waals surface area contributed by atoms with E-state index in [4.69, 9.17) is 4.74 Å². The van der Waals surface area contributed by atoms with Gasteiger partial charge in [0.25, 0.3) is 0 Å². The van der Waals surface area contributed by atoms with E-state index in [1.807, 2.05) is 67.6 Å². The fraction of sp³-hybridized carbons (Fsp3) is 0.308. The van der Waals surface area contributed by atoms with Crippen LogP contribution in [-0.2, 0) is 25.9 Å². The van der Waals surface area contributed by atoms with Crippen LogP contribution in [0.2, 0.25) is 0 Å². The minimum Gasteiger partial charge on any atom is -0.497 e. The first-order valence-electron chi connectivity index (χ1n) is 11.1. The minimum absolute atomic E-state index is 0.0492. The summed E-state index contributed by atoms with van der Waals surface area (Å²) in [5, 5.41) is 12.0. The predicted molar refractivity (Wildman–Crippen MR) is 127 cm³/mol. The molecule has 0 bridgehead atoms. The Labute approximate surface area is 187 Å². The third kappa shape index (κ3) is 4.54. The van der Waals surface area contributed by atoms with Gasteiger partial charge >= 0.3 is 5.69 Å². The number of methoxy groups -OCH3 is 1. The monoisotopic (exact) mass is 431 g/mol. The van der Waals surface area contributed by atoms with Crippen LogP contribution in [0.15, 0.2) is 65.5 Å². The SMILES string of the molecule is CCCn1c(CCCc2ccc(OC)cc2)c(O)n(Cc2ccc3ccccc3n2)c1=O. The summed E-state index contributed by atoms with van der Waals surface area (Å²) in [5.74, 6) is 0.885. The molecule has 0 aliphatic rings. The van der Waals surface area contributed by atoms with Gasteiger partial charge in [-0.2, -0.15) is 0 Å². The van der Waals surface area contributed by atoms with Gasteiger partial charge in [0.1, 0.15) is 5.75 Å². The molecule has 0 spiro atoms. The molecule has 0 unspecified atom stereocenters. The van der Waals surface area contributed by atoms with Crippen molar-refractivity contribution in [3.8, 4) is 11.6 Å². The van der Waals surface area contributed by atoms with Crippen molar-refractivity contribution in [2.75, 3.05) is 7.11 Å². The summed E-state index contributed by atoms with van der Waals surface area (Å²) in [5.41, 5.74) is 3.35. The van der Waals surface area contributed by atoms with E-state index in [1.54, 1.807) is 11.7 Å². The highest BCUT2D eigenvalue weighted by Gasteiger charge is 2.19. The quantitative estimate of drug-likeness (QED) is 0.422. The number of hydrogen-bond donors (Lipinski definition) is 1. The highest BCUT2D eigenvalue weighted by molar-refractivity contribution is 5.78. The molecule has 4 rings (SSSR count). The molecular weight excluding hydrogens is 402 g/mol. The molecule has 0 amide bonds. The van der Waals surface area contributed by atoms with Gasteiger partial charge in [-0.25, -0.2) is 4.79 Å². The summed E-state index contributed by atoms with van der Waals surface area (Å²) in [7, 11) is 1.66. The van der Waals surface area contributed by atoms with Crippen molar-refractivity contribution in [3.63, 3.8) is 0 Å². The van der Waals surface area contributed by atoms with Crippen molar-refractivity contribution < 1.29 is 9.84 Å². The Kier molecular flexibility index (Phi) is 6.59. The lowest BCUT2D eigenvalue weighted by atomic mass is 10.1. The fourth-order valence-corrected chi connectivity index (χ4v) is 4.08. The molecule has 0 atom stereocenters. The molecule has 0 saturated carbocycles. The Bertz CT molecular complexity index is 1260. The number of nitrogens with zero attached hydrogens (tertiary/aromatic N) is 3. The summed E-state index contributed by atoms with van der Waals surface area (Å²) in [6.45, 7) is 2.87. The van der Waals surface area contributed by atoms with E-state index in [9.17, 15) is 9.90 Å². The molecule has 0 saturated heterocycles. The number of aromatic nitrogens is 3. The third-order valence-corrected chi connectivity index (χ3v) is 5.76. The zero-order valence-corrected chi connectivity index (χ0v) is 18.6. The van der Waals surface area contributed by atoms with Crippen molar-refractivity contribution in [2.24, 2.45) is 0 Å². The van der Waals surface area contributed by atoms with Crippen LogP contribution < -0.4 is 10.4 Å². The van der Waals surface area contributed by atoms with Crippen LogP contribution >= 0.6 is 0 Å². The second kappa shape index (κ2) is 9.73. The van der Waals surface area contributed by atoms with Gasteiger partial charge in [-0.3, -0.25) is 14.1 Å². The van der Waals surface area contributed by atoms with Gasteiger partial charge in [0.2, 0.25) is 5.88 Å². The molecule has 4 aromatic rings. The summed E-state index contributed by atoms with van der Waals surface area (Å²) >= 11 is 0. The lowest BCUT2D eigenvalue weighted by molar-refractivity contribution is 0.413. The first kappa shape index (κ1) is 21.7. The molecular formula is C26H29N3O3. The van der Waals surface area contributed by atoms with E-state index in [2.05, 4.69) is 4.98 Å². The first-order valence-corrected chi connectivity index (χ1v) is 11.1. The number of ether oxygens (including phenoxy) is 1. The Morgan fingerprint density at radius 3 is 2.50 bits per heavy atom. The Morgan fingerprint density at radius 1 is 0.969 bits per heavy atom. The number of aryl methyl sites for hydroxylation is 1. The van der Waals surface area contributed by atoms with Crippen molar-refractivity contribution in [3.05, 3.63) is 88.1 Å². The number of pyridine rings is 1. The number of fused-ring (bicyclic) bond motifs is 1. The zero-order valence-electron chi connectivity index (χ0n) is 18.6. The lowest BCUT2D eigenvalue weighted by Gasteiger charge is -2.07. The standard InChI is InChI=1S/C26H29N3O3/c1-3-17-28-24(10-6-7-19-11-15-22(32-2)16-12-19)25(30)29(26(28)31)18-21-14-13-20-8-4-5-9-23(20)27-21/h4-5,8-9,11-16,30H,3,6-7,10,17-18H2,1-2H3. The van der Waals surface area contributed by atoms with E-state index in [-0.39, 0.29) is 18.1 Å². The molecule has 6 heteroatoms. The summed E-state index contributed by atoms with van der Waals surface area (Å²) in [6, 6.07) is 19.8. The van der Waals surface area contributed by atoms with Crippen molar-refractivity contribution in [2.45, 2.75) is 45.7 Å². The maximum Gasteiger partial charge on any atom is 0.331 e. The summed E-state index contributed by atoms with van der Waals surface area (Å²) in [6.07, 6.45) is 3.15. The molecule has 2 aromatic carbocycles. The molecule has 2 aromatic heterocycles. The van der Waals surface area contributed by atoms with Crippen LogP contribution in [0.4, 0.5) is 0 Å². The van der Waals surface area contributed by atoms with Gasteiger partial charge in [0, 0.05) is 11.9 Å². The smallest absolute Gasteiger partial charge is 0.331 e. The van der Waals surface area contributed by atoms with Gasteiger partial charge in [0.15, 0.2) is 0 Å². The van der Waals surface area contributed by atoms with E-state index < -0.39 is 0 Å². The maximum absolute atomic E-state index is 13.1. The van der Waals surface area contributed by atoms with E-state index in [0.717, 1.165) is 41.6 Å². The van der Waals surface area contributed by atoms with Crippen LogP contribution in [0, 0.1) is 0 Å². The molecule has 0 fully saturated rings. The number of para-hydroxylation sites is 1. The van der Waals surface area contributed by atoms with E-state index in [0.29, 0.717) is 18.7 Å². The van der Waals surface area contributed by atoms with Gasteiger partial charge in [-0.05, 0) is 55.5 Å². The van der Waals surface area contributed by atoms with Crippen molar-refractivity contribution in [1.29, 1.82) is 0 Å². The lowest BCUT2D eigenvalue weighted by Crippen LogP contribution is -2.25. The number of benzene rings is 2. The average Bonchev–Trinajstić information content (AvgIpc) is 3.04. The molecule has 2 heterocycles. The van der Waals surface area contributed by atoms with Crippen molar-refractivity contribution in [1.82, 2.24) is 14.1 Å². The molecule has 166 valence electrons. The topological polar surface area (TPSA) is 69.3 Å². The fourth-order valence-electron chi connectivity index (χ4n) is 4.08. The maximum atomic E-state index is 13.1. The molecule has 32 heavy (non-hydrogen) atoms. The van der Waals surface area contributed by atoms with Crippen LogP contribution in [-0.4, -0.2) is 26.3 Å².